The van der Waals surface area contributed by atoms with Gasteiger partial charge in [0, 0.05) is 50.6 Å². The topological polar surface area (TPSA) is 84.5 Å². The van der Waals surface area contributed by atoms with Crippen LogP contribution in [0.3, 0.4) is 0 Å². The number of non-ortho nitro benzene ring substituents is 1. The molecule has 30 heavy (non-hydrogen) atoms. The lowest BCUT2D eigenvalue weighted by molar-refractivity contribution is -0.384. The van der Waals surface area contributed by atoms with E-state index < -0.39 is 4.92 Å². The molecule has 4 rings (SSSR count). The molecule has 1 unspecified atom stereocenters. The van der Waals surface area contributed by atoms with Crippen LogP contribution in [0.25, 0.3) is 5.69 Å². The maximum Gasteiger partial charge on any atom is 0.274 e. The van der Waals surface area contributed by atoms with Crippen LogP contribution in [-0.2, 0) is 6.54 Å². The van der Waals surface area contributed by atoms with Crippen LogP contribution in [0.1, 0.15) is 23.0 Å². The molecule has 1 aliphatic rings. The molecule has 1 saturated heterocycles. The SMILES string of the molecule is CC1CN(Cc2ccccc2)CCN1C(=O)c1ccn(-c2ccc([N+](=O)[O-])cc2)n1. The molecule has 154 valence electrons. The first kappa shape index (κ1) is 19.8. The second-order valence-electron chi connectivity index (χ2n) is 7.49. The minimum Gasteiger partial charge on any atom is -0.332 e. The molecule has 0 radical (unpaired) electrons. The Morgan fingerprint density at radius 3 is 2.50 bits per heavy atom. The van der Waals surface area contributed by atoms with Gasteiger partial charge in [-0.3, -0.25) is 19.8 Å². The number of carbonyl (C=O) groups is 1. The highest BCUT2D eigenvalue weighted by molar-refractivity contribution is 5.92. The molecular weight excluding hydrogens is 382 g/mol. The van der Waals surface area contributed by atoms with Gasteiger partial charge in [0.2, 0.25) is 0 Å². The van der Waals surface area contributed by atoms with Gasteiger partial charge in [-0.2, -0.15) is 5.10 Å². The molecule has 0 aliphatic carbocycles. The number of rotatable bonds is 5. The van der Waals surface area contributed by atoms with E-state index in [1.54, 1.807) is 29.1 Å². The Labute approximate surface area is 174 Å². The van der Waals surface area contributed by atoms with E-state index >= 15 is 0 Å². The van der Waals surface area contributed by atoms with Crippen molar-refractivity contribution in [1.82, 2.24) is 19.6 Å². The molecule has 1 fully saturated rings. The summed E-state index contributed by atoms with van der Waals surface area (Å²) >= 11 is 0. The molecule has 8 heteroatoms. The number of benzene rings is 2. The lowest BCUT2D eigenvalue weighted by Crippen LogP contribution is -2.53. The van der Waals surface area contributed by atoms with Crippen molar-refractivity contribution in [2.24, 2.45) is 0 Å². The monoisotopic (exact) mass is 405 g/mol. The molecule has 0 bridgehead atoms. The van der Waals surface area contributed by atoms with Crippen molar-refractivity contribution in [1.29, 1.82) is 0 Å². The molecule has 3 aromatic rings. The first-order valence-electron chi connectivity index (χ1n) is 9.89. The third-order valence-electron chi connectivity index (χ3n) is 5.35. The Morgan fingerprint density at radius 2 is 1.83 bits per heavy atom. The van der Waals surface area contributed by atoms with Gasteiger partial charge in [0.05, 0.1) is 10.6 Å². The lowest BCUT2D eigenvalue weighted by atomic mass is 10.1. The van der Waals surface area contributed by atoms with E-state index in [0.717, 1.165) is 19.6 Å². The molecule has 2 heterocycles. The maximum atomic E-state index is 13.0. The summed E-state index contributed by atoms with van der Waals surface area (Å²) in [5, 5.41) is 15.2. The predicted octanol–water partition coefficient (Wildman–Crippen LogP) is 3.13. The van der Waals surface area contributed by atoms with E-state index in [1.807, 2.05) is 23.1 Å². The Kier molecular flexibility index (Phi) is 5.58. The predicted molar refractivity (Wildman–Crippen MR) is 112 cm³/mol. The number of amides is 1. The van der Waals surface area contributed by atoms with Gasteiger partial charge in [0.1, 0.15) is 0 Å². The zero-order valence-electron chi connectivity index (χ0n) is 16.7. The van der Waals surface area contributed by atoms with Crippen LogP contribution in [0, 0.1) is 10.1 Å². The van der Waals surface area contributed by atoms with Crippen LogP contribution >= 0.6 is 0 Å². The van der Waals surface area contributed by atoms with Gasteiger partial charge in [0.15, 0.2) is 5.69 Å². The van der Waals surface area contributed by atoms with Gasteiger partial charge in [-0.1, -0.05) is 30.3 Å². The smallest absolute Gasteiger partial charge is 0.274 e. The standard InChI is InChI=1S/C22H23N5O3/c1-17-15-24(16-18-5-3-2-4-6-18)13-14-25(17)22(28)21-11-12-26(23-21)19-7-9-20(10-8-19)27(29)30/h2-12,17H,13-16H2,1H3. The molecule has 2 aromatic carbocycles. The fraction of sp³-hybridized carbons (Fsp3) is 0.273. The average Bonchev–Trinajstić information content (AvgIpc) is 3.24. The van der Waals surface area contributed by atoms with Crippen molar-refractivity contribution in [3.05, 3.63) is 88.2 Å². The van der Waals surface area contributed by atoms with Crippen molar-refractivity contribution in [2.75, 3.05) is 19.6 Å². The number of piperazine rings is 1. The van der Waals surface area contributed by atoms with E-state index in [9.17, 15) is 14.9 Å². The van der Waals surface area contributed by atoms with Gasteiger partial charge in [-0.15, -0.1) is 0 Å². The highest BCUT2D eigenvalue weighted by atomic mass is 16.6. The molecule has 1 aromatic heterocycles. The van der Waals surface area contributed by atoms with Gasteiger partial charge < -0.3 is 4.90 Å². The molecule has 0 saturated carbocycles. The summed E-state index contributed by atoms with van der Waals surface area (Å²) in [5.74, 6) is -0.0949. The van der Waals surface area contributed by atoms with Crippen molar-refractivity contribution >= 4 is 11.6 Å². The van der Waals surface area contributed by atoms with E-state index in [4.69, 9.17) is 0 Å². The number of aromatic nitrogens is 2. The Hall–Kier alpha value is -3.52. The second-order valence-corrected chi connectivity index (χ2v) is 7.49. The number of nitrogens with zero attached hydrogens (tertiary/aromatic N) is 5. The highest BCUT2D eigenvalue weighted by Gasteiger charge is 2.29. The van der Waals surface area contributed by atoms with Crippen LogP contribution in [0.15, 0.2) is 66.9 Å². The minimum atomic E-state index is -0.444. The normalized spacial score (nSPS) is 17.1. The van der Waals surface area contributed by atoms with Gasteiger partial charge in [-0.05, 0) is 30.7 Å². The fourth-order valence-corrected chi connectivity index (χ4v) is 3.78. The number of nitro benzene ring substituents is 1. The van der Waals surface area contributed by atoms with Crippen molar-refractivity contribution < 1.29 is 9.72 Å². The Bertz CT molecular complexity index is 1030. The first-order chi connectivity index (χ1) is 14.5. The number of carbonyl (C=O) groups excluding carboxylic acids is 1. The third-order valence-corrected chi connectivity index (χ3v) is 5.35. The molecule has 1 atom stereocenters. The van der Waals surface area contributed by atoms with Crippen LogP contribution in [-0.4, -0.2) is 56.1 Å². The van der Waals surface area contributed by atoms with Crippen LogP contribution < -0.4 is 0 Å². The minimum absolute atomic E-state index is 0.0180. The maximum absolute atomic E-state index is 13.0. The second kappa shape index (κ2) is 8.46. The van der Waals surface area contributed by atoms with E-state index in [0.29, 0.717) is 17.9 Å². The van der Waals surface area contributed by atoms with E-state index in [2.05, 4.69) is 29.1 Å². The average molecular weight is 405 g/mol. The van der Waals surface area contributed by atoms with Crippen molar-refractivity contribution in [3.63, 3.8) is 0 Å². The number of hydrogen-bond donors (Lipinski definition) is 0. The Balaban J connectivity index is 1.41. The highest BCUT2D eigenvalue weighted by Crippen LogP contribution is 2.18. The van der Waals surface area contributed by atoms with E-state index in [1.165, 1.54) is 17.7 Å². The van der Waals surface area contributed by atoms with Crippen LogP contribution in [0.5, 0.6) is 0 Å². The van der Waals surface area contributed by atoms with E-state index in [-0.39, 0.29) is 17.6 Å². The lowest BCUT2D eigenvalue weighted by Gasteiger charge is -2.39. The summed E-state index contributed by atoms with van der Waals surface area (Å²) in [4.78, 5) is 27.6. The van der Waals surface area contributed by atoms with Gasteiger partial charge in [-0.25, -0.2) is 4.68 Å². The number of nitro groups is 1. The van der Waals surface area contributed by atoms with Crippen molar-refractivity contribution in [2.45, 2.75) is 19.5 Å². The summed E-state index contributed by atoms with van der Waals surface area (Å²) in [7, 11) is 0. The molecule has 8 nitrogen and oxygen atoms in total. The summed E-state index contributed by atoms with van der Waals surface area (Å²) in [6, 6.07) is 18.2. The zero-order chi connectivity index (χ0) is 21.1. The molecule has 0 N–H and O–H groups in total. The Morgan fingerprint density at radius 1 is 1.10 bits per heavy atom. The molecular formula is C22H23N5O3. The quantitative estimate of drug-likeness (QED) is 0.481. The van der Waals surface area contributed by atoms with Crippen molar-refractivity contribution in [3.8, 4) is 5.69 Å². The summed E-state index contributed by atoms with van der Waals surface area (Å²) in [5.41, 5.74) is 2.33. The third kappa shape index (κ3) is 4.23. The molecule has 0 spiro atoms. The fourth-order valence-electron chi connectivity index (χ4n) is 3.78. The van der Waals surface area contributed by atoms with Crippen LogP contribution in [0.4, 0.5) is 5.69 Å². The summed E-state index contributed by atoms with van der Waals surface area (Å²) in [6.45, 7) is 5.21. The molecule has 1 amide bonds. The van der Waals surface area contributed by atoms with Gasteiger partial charge >= 0.3 is 0 Å². The van der Waals surface area contributed by atoms with Crippen LogP contribution in [0.2, 0.25) is 0 Å². The summed E-state index contributed by atoms with van der Waals surface area (Å²) in [6.07, 6.45) is 1.70. The van der Waals surface area contributed by atoms with Gasteiger partial charge in [0.25, 0.3) is 11.6 Å². The summed E-state index contributed by atoms with van der Waals surface area (Å²) < 4.78 is 1.56. The number of hydrogen-bond acceptors (Lipinski definition) is 5. The largest absolute Gasteiger partial charge is 0.332 e. The molecule has 1 aliphatic heterocycles. The zero-order valence-corrected chi connectivity index (χ0v) is 16.7. The first-order valence-corrected chi connectivity index (χ1v) is 9.89.